The fraction of sp³-hybridized carbons (Fsp3) is 0.500. The second-order valence-electron chi connectivity index (χ2n) is 4.91. The van der Waals surface area contributed by atoms with E-state index in [0.29, 0.717) is 24.1 Å². The number of hydrogen-bond donors (Lipinski definition) is 2. The number of nitrogens with one attached hydrogen (secondary N) is 1. The lowest BCUT2D eigenvalue weighted by Gasteiger charge is -2.34. The summed E-state index contributed by atoms with van der Waals surface area (Å²) in [5.74, 6) is 0.475. The van der Waals surface area contributed by atoms with E-state index in [0.717, 1.165) is 29.6 Å². The summed E-state index contributed by atoms with van der Waals surface area (Å²) in [7, 11) is 0. The van der Waals surface area contributed by atoms with Gasteiger partial charge in [-0.25, -0.2) is 0 Å². The van der Waals surface area contributed by atoms with E-state index in [-0.39, 0.29) is 5.91 Å². The highest BCUT2D eigenvalue weighted by Crippen LogP contribution is 2.33. The molecule has 5 heteroatoms. The Labute approximate surface area is 121 Å². The summed E-state index contributed by atoms with van der Waals surface area (Å²) in [6, 6.07) is 5.38. The van der Waals surface area contributed by atoms with E-state index in [1.54, 1.807) is 12.1 Å². The van der Waals surface area contributed by atoms with Crippen molar-refractivity contribution in [2.75, 3.05) is 17.7 Å². The number of nitrogen functional groups attached to an aromatic ring is 1. The molecular weight excluding hydrogens is 308 g/mol. The Morgan fingerprint density at radius 2 is 2.26 bits per heavy atom. The maximum absolute atomic E-state index is 11.9. The Balaban J connectivity index is 1.80. The van der Waals surface area contributed by atoms with Gasteiger partial charge in [0.1, 0.15) is 0 Å². The van der Waals surface area contributed by atoms with Gasteiger partial charge in [0.05, 0.1) is 11.8 Å². The van der Waals surface area contributed by atoms with Crippen LogP contribution in [0, 0.1) is 5.92 Å². The predicted molar refractivity (Wildman–Crippen MR) is 79.9 cm³/mol. The molecule has 1 fully saturated rings. The van der Waals surface area contributed by atoms with E-state index in [2.05, 4.69) is 21.2 Å². The number of amides is 1. The quantitative estimate of drug-likeness (QED) is 0.817. The number of carbonyl (C=O) groups excluding carboxylic acids is 1. The molecule has 0 radical (unpaired) electrons. The molecule has 2 rings (SSSR count). The second-order valence-corrected chi connectivity index (χ2v) is 5.76. The first-order valence-corrected chi connectivity index (χ1v) is 7.34. The Kier molecular flexibility index (Phi) is 4.82. The Morgan fingerprint density at radius 3 is 2.95 bits per heavy atom. The maximum atomic E-state index is 11.9. The van der Waals surface area contributed by atoms with Gasteiger partial charge in [0.15, 0.2) is 0 Å². The van der Waals surface area contributed by atoms with Crippen molar-refractivity contribution in [2.24, 2.45) is 5.92 Å². The first-order chi connectivity index (χ1) is 9.08. The van der Waals surface area contributed by atoms with Gasteiger partial charge in [-0.3, -0.25) is 4.79 Å². The molecule has 0 spiro atoms. The fourth-order valence-electron chi connectivity index (χ4n) is 2.32. The number of benzene rings is 1. The van der Waals surface area contributed by atoms with Gasteiger partial charge in [0.2, 0.25) is 5.91 Å². The van der Waals surface area contributed by atoms with Crippen LogP contribution in [0.4, 0.5) is 11.4 Å². The zero-order chi connectivity index (χ0) is 13.8. The average molecular weight is 327 g/mol. The molecule has 0 unspecified atom stereocenters. The summed E-state index contributed by atoms with van der Waals surface area (Å²) in [6.07, 6.45) is 2.87. The van der Waals surface area contributed by atoms with Crippen LogP contribution >= 0.6 is 15.9 Å². The Hall–Kier alpha value is -1.07. The Morgan fingerprint density at radius 1 is 1.53 bits per heavy atom. The molecule has 0 aliphatic heterocycles. The molecule has 1 saturated carbocycles. The number of anilines is 2. The van der Waals surface area contributed by atoms with Crippen LogP contribution in [0.15, 0.2) is 22.7 Å². The van der Waals surface area contributed by atoms with E-state index in [1.807, 2.05) is 13.0 Å². The minimum Gasteiger partial charge on any atom is -0.399 e. The van der Waals surface area contributed by atoms with Gasteiger partial charge in [-0.15, -0.1) is 0 Å². The normalized spacial score (nSPS) is 21.8. The summed E-state index contributed by atoms with van der Waals surface area (Å²) in [5.41, 5.74) is 7.07. The van der Waals surface area contributed by atoms with Gasteiger partial charge in [-0.1, -0.05) is 0 Å². The van der Waals surface area contributed by atoms with Crippen molar-refractivity contribution in [2.45, 2.75) is 32.3 Å². The van der Waals surface area contributed by atoms with Gasteiger partial charge >= 0.3 is 0 Å². The van der Waals surface area contributed by atoms with Crippen LogP contribution in [0.5, 0.6) is 0 Å². The van der Waals surface area contributed by atoms with Crippen LogP contribution < -0.4 is 11.1 Å². The standard InChI is InChI=1S/C14H19BrN2O2/c1-2-19-11-5-9(6-11)7-14(18)17-13-8-10(16)3-4-12(13)15/h3-4,8-9,11H,2,5-7,16H2,1H3,(H,17,18). The van der Waals surface area contributed by atoms with Gasteiger partial charge in [-0.2, -0.15) is 0 Å². The summed E-state index contributed by atoms with van der Waals surface area (Å²) < 4.78 is 6.33. The summed E-state index contributed by atoms with van der Waals surface area (Å²) in [4.78, 5) is 11.9. The lowest BCUT2D eigenvalue weighted by atomic mass is 9.80. The van der Waals surface area contributed by atoms with Gasteiger partial charge in [-0.05, 0) is 59.8 Å². The number of nitrogens with two attached hydrogens (primary N) is 1. The van der Waals surface area contributed by atoms with E-state index in [4.69, 9.17) is 10.5 Å². The zero-order valence-corrected chi connectivity index (χ0v) is 12.6. The molecule has 1 aliphatic carbocycles. The third-order valence-electron chi connectivity index (χ3n) is 3.33. The molecule has 19 heavy (non-hydrogen) atoms. The molecule has 1 aliphatic rings. The highest BCUT2D eigenvalue weighted by Gasteiger charge is 2.31. The van der Waals surface area contributed by atoms with Crippen molar-refractivity contribution < 1.29 is 9.53 Å². The van der Waals surface area contributed by atoms with Crippen molar-refractivity contribution in [3.63, 3.8) is 0 Å². The molecule has 0 saturated heterocycles. The van der Waals surface area contributed by atoms with Crippen LogP contribution in [0.2, 0.25) is 0 Å². The van der Waals surface area contributed by atoms with E-state index >= 15 is 0 Å². The molecule has 104 valence electrons. The fourth-order valence-corrected chi connectivity index (χ4v) is 2.66. The molecular formula is C14H19BrN2O2. The molecule has 0 aromatic heterocycles. The SMILES string of the molecule is CCOC1CC(CC(=O)Nc2cc(N)ccc2Br)C1. The van der Waals surface area contributed by atoms with Crippen LogP contribution in [0.25, 0.3) is 0 Å². The van der Waals surface area contributed by atoms with E-state index in [1.165, 1.54) is 0 Å². The van der Waals surface area contributed by atoms with Crippen LogP contribution in [-0.2, 0) is 9.53 Å². The molecule has 0 atom stereocenters. The zero-order valence-electron chi connectivity index (χ0n) is 11.0. The monoisotopic (exact) mass is 326 g/mol. The molecule has 1 aromatic rings. The van der Waals surface area contributed by atoms with Crippen LogP contribution in [-0.4, -0.2) is 18.6 Å². The van der Waals surface area contributed by atoms with Crippen molar-refractivity contribution in [3.05, 3.63) is 22.7 Å². The first kappa shape index (κ1) is 14.3. The van der Waals surface area contributed by atoms with Crippen LogP contribution in [0.1, 0.15) is 26.2 Å². The van der Waals surface area contributed by atoms with Gasteiger partial charge in [0.25, 0.3) is 0 Å². The van der Waals surface area contributed by atoms with Crippen LogP contribution in [0.3, 0.4) is 0 Å². The van der Waals surface area contributed by atoms with E-state index < -0.39 is 0 Å². The molecule has 0 heterocycles. The molecule has 0 bridgehead atoms. The summed E-state index contributed by atoms with van der Waals surface area (Å²) >= 11 is 3.40. The largest absolute Gasteiger partial charge is 0.399 e. The number of ether oxygens (including phenoxy) is 1. The van der Waals surface area contributed by atoms with Crippen molar-refractivity contribution in [1.82, 2.24) is 0 Å². The van der Waals surface area contributed by atoms with Gasteiger partial charge in [0, 0.05) is 23.2 Å². The maximum Gasteiger partial charge on any atom is 0.224 e. The number of carbonyl (C=O) groups is 1. The van der Waals surface area contributed by atoms with Crippen molar-refractivity contribution in [1.29, 1.82) is 0 Å². The van der Waals surface area contributed by atoms with Crippen molar-refractivity contribution in [3.8, 4) is 0 Å². The molecule has 3 N–H and O–H groups in total. The third-order valence-corrected chi connectivity index (χ3v) is 4.02. The number of halogens is 1. The topological polar surface area (TPSA) is 64.3 Å². The third kappa shape index (κ3) is 3.94. The highest BCUT2D eigenvalue weighted by atomic mass is 79.9. The Bertz CT molecular complexity index is 459. The summed E-state index contributed by atoms with van der Waals surface area (Å²) in [6.45, 7) is 2.75. The highest BCUT2D eigenvalue weighted by molar-refractivity contribution is 9.10. The smallest absolute Gasteiger partial charge is 0.224 e. The minimum absolute atomic E-state index is 0.0336. The lowest BCUT2D eigenvalue weighted by Crippen LogP contribution is -2.33. The average Bonchev–Trinajstić information content (AvgIpc) is 2.31. The molecule has 1 amide bonds. The summed E-state index contributed by atoms with van der Waals surface area (Å²) in [5, 5.41) is 2.89. The lowest BCUT2D eigenvalue weighted by molar-refractivity contribution is -0.119. The molecule has 4 nitrogen and oxygen atoms in total. The minimum atomic E-state index is 0.0336. The number of hydrogen-bond acceptors (Lipinski definition) is 3. The van der Waals surface area contributed by atoms with E-state index in [9.17, 15) is 4.79 Å². The number of rotatable bonds is 5. The first-order valence-electron chi connectivity index (χ1n) is 6.55. The van der Waals surface area contributed by atoms with Gasteiger partial charge < -0.3 is 15.8 Å². The predicted octanol–water partition coefficient (Wildman–Crippen LogP) is 3.18. The van der Waals surface area contributed by atoms with Crippen molar-refractivity contribution >= 4 is 33.2 Å². The second kappa shape index (κ2) is 6.39. The molecule has 1 aromatic carbocycles.